The number of rotatable bonds is 8. The third-order valence-corrected chi connectivity index (χ3v) is 14.2. The maximum absolute atomic E-state index is 6.41. The molecule has 0 saturated heterocycles. The predicted molar refractivity (Wildman–Crippen MR) is 295 cm³/mol. The topological polar surface area (TPSA) is 51.8 Å². The van der Waals surface area contributed by atoms with Gasteiger partial charge in [-0.1, -0.05) is 184 Å². The van der Waals surface area contributed by atoms with Crippen molar-refractivity contribution in [3.05, 3.63) is 192 Å². The number of furan rings is 1. The van der Waals surface area contributed by atoms with Gasteiger partial charge in [0, 0.05) is 66.2 Å². The van der Waals surface area contributed by atoms with E-state index in [-0.39, 0.29) is 20.1 Å². The van der Waals surface area contributed by atoms with E-state index in [1.54, 1.807) is 0 Å². The number of aryl methyl sites for hydroxylation is 2. The van der Waals surface area contributed by atoms with Crippen molar-refractivity contribution in [3.63, 3.8) is 0 Å². The van der Waals surface area contributed by atoms with Gasteiger partial charge in [0.1, 0.15) is 11.2 Å². The first kappa shape index (κ1) is 52.6. The molecule has 0 spiro atoms. The molecule has 4 nitrogen and oxygen atoms in total. The van der Waals surface area contributed by atoms with E-state index in [9.17, 15) is 0 Å². The molecule has 0 bridgehead atoms. The number of aromatic nitrogens is 3. The van der Waals surface area contributed by atoms with Gasteiger partial charge in [0.25, 0.3) is 0 Å². The Bertz CT molecular complexity index is 3100. The molecule has 5 aromatic carbocycles. The van der Waals surface area contributed by atoms with Gasteiger partial charge in [-0.2, -0.15) is 0 Å². The average molecular weight is 1110 g/mol. The number of fused-ring (bicyclic) bond motifs is 3. The molecule has 4 aromatic heterocycles. The smallest absolute Gasteiger partial charge is 0.144 e. The molecule has 1 radical (unpaired) electrons. The molecule has 0 unspecified atom stereocenters. The number of hydrogen-bond acceptors (Lipinski definition) is 4. The van der Waals surface area contributed by atoms with Crippen molar-refractivity contribution in [2.45, 2.75) is 108 Å². The molecule has 357 valence electrons. The quantitative estimate of drug-likeness (QED) is 0.142. The normalized spacial score (nSPS) is 11.7. The summed E-state index contributed by atoms with van der Waals surface area (Å²) in [5.74, 6) is 0.457. The fraction of sp³-hybridized carbons (Fsp3) is 0.286. The maximum Gasteiger partial charge on any atom is 0.144 e. The van der Waals surface area contributed by atoms with Gasteiger partial charge in [0.15, 0.2) is 0 Å². The Morgan fingerprint density at radius 1 is 0.536 bits per heavy atom. The molecule has 69 heavy (non-hydrogen) atoms. The van der Waals surface area contributed by atoms with Crippen LogP contribution in [0.5, 0.6) is 0 Å². The summed E-state index contributed by atoms with van der Waals surface area (Å²) in [4.78, 5) is 13.9. The van der Waals surface area contributed by atoms with Crippen molar-refractivity contribution >= 4 is 35.2 Å². The van der Waals surface area contributed by atoms with Crippen molar-refractivity contribution in [2.75, 3.05) is 0 Å². The summed E-state index contributed by atoms with van der Waals surface area (Å²) in [6.45, 7) is 29.6. The first-order chi connectivity index (χ1) is 32.2. The Hall–Kier alpha value is -5.78. The van der Waals surface area contributed by atoms with Crippen LogP contribution in [-0.4, -0.2) is 23.0 Å². The Labute approximate surface area is 427 Å². The minimum absolute atomic E-state index is 0. The van der Waals surface area contributed by atoms with Crippen molar-refractivity contribution in [2.24, 2.45) is 10.8 Å². The molecule has 0 aliphatic rings. The van der Waals surface area contributed by atoms with Crippen LogP contribution in [0.25, 0.3) is 66.8 Å². The molecule has 0 saturated carbocycles. The van der Waals surface area contributed by atoms with E-state index >= 15 is 0 Å². The van der Waals surface area contributed by atoms with Crippen LogP contribution in [0.2, 0.25) is 19.6 Å². The van der Waals surface area contributed by atoms with Crippen LogP contribution in [0.1, 0.15) is 89.1 Å². The molecule has 0 atom stereocenters. The van der Waals surface area contributed by atoms with Gasteiger partial charge in [-0.05, 0) is 124 Å². The van der Waals surface area contributed by atoms with Gasteiger partial charge in [0.2, 0.25) is 0 Å². The summed E-state index contributed by atoms with van der Waals surface area (Å²) < 4.78 is 6.41. The van der Waals surface area contributed by atoms with Crippen LogP contribution in [0.15, 0.2) is 169 Å². The second-order valence-electron chi connectivity index (χ2n) is 22.2. The van der Waals surface area contributed by atoms with E-state index in [1.807, 2.05) is 30.6 Å². The van der Waals surface area contributed by atoms with Gasteiger partial charge in [-0.25, -0.2) is 0 Å². The van der Waals surface area contributed by atoms with Crippen LogP contribution in [0.3, 0.4) is 0 Å². The Kier molecular flexibility index (Phi) is 17.0. The van der Waals surface area contributed by atoms with Gasteiger partial charge in [-0.3, -0.25) is 15.0 Å². The zero-order valence-corrected chi connectivity index (χ0v) is 46.6. The van der Waals surface area contributed by atoms with E-state index in [2.05, 4.69) is 227 Å². The zero-order valence-electron chi connectivity index (χ0n) is 43.2. The molecule has 0 amide bonds. The van der Waals surface area contributed by atoms with Crippen molar-refractivity contribution in [3.8, 4) is 44.9 Å². The zero-order chi connectivity index (χ0) is 48.8. The number of hydrogen-bond donors (Lipinski definition) is 0. The van der Waals surface area contributed by atoms with E-state index < -0.39 is 8.07 Å². The second-order valence-corrected chi connectivity index (χ2v) is 27.2. The molecule has 0 aliphatic carbocycles. The van der Waals surface area contributed by atoms with Crippen molar-refractivity contribution < 1.29 is 24.5 Å². The maximum atomic E-state index is 6.41. The molecule has 4 heterocycles. The van der Waals surface area contributed by atoms with Gasteiger partial charge in [-0.15, -0.1) is 0 Å². The molecule has 9 rings (SSSR count). The Balaban J connectivity index is 0.000000177. The average Bonchev–Trinajstić information content (AvgIpc) is 3.67. The summed E-state index contributed by atoms with van der Waals surface area (Å²) in [6, 6.07) is 51.1. The Morgan fingerprint density at radius 2 is 1.13 bits per heavy atom. The fourth-order valence-corrected chi connectivity index (χ4v) is 10.4. The molecular weight excluding hydrogens is 1040 g/mol. The minimum Gasteiger partial charge on any atom is -0.455 e. The van der Waals surface area contributed by atoms with Crippen LogP contribution >= 0.6 is 0 Å². The van der Waals surface area contributed by atoms with Crippen LogP contribution < -0.4 is 5.19 Å². The minimum atomic E-state index is -1.36. The Morgan fingerprint density at radius 3 is 1.72 bits per heavy atom. The van der Waals surface area contributed by atoms with Crippen LogP contribution in [0, 0.1) is 24.7 Å². The van der Waals surface area contributed by atoms with E-state index in [0.717, 1.165) is 57.4 Å². The summed E-state index contributed by atoms with van der Waals surface area (Å²) >= 11 is 0. The van der Waals surface area contributed by atoms with Gasteiger partial charge >= 0.3 is 0 Å². The fourth-order valence-electron chi connectivity index (χ4n) is 8.85. The van der Waals surface area contributed by atoms with Crippen molar-refractivity contribution in [1.29, 1.82) is 0 Å². The van der Waals surface area contributed by atoms with Crippen LogP contribution in [-0.2, 0) is 32.9 Å². The first-order valence-corrected chi connectivity index (χ1v) is 27.8. The van der Waals surface area contributed by atoms with Crippen LogP contribution in [0.4, 0.5) is 0 Å². The third-order valence-electron chi connectivity index (χ3n) is 12.1. The van der Waals surface area contributed by atoms with E-state index in [4.69, 9.17) is 14.4 Å². The number of pyridine rings is 3. The second kappa shape index (κ2) is 22.3. The standard InChI is InChI=1S/C28H25NO.C19H27NSi.C16H19N.Ir/c1-17(2)25-15-26(29-16-19(25)4)24-7-5-6-23-22-13-12-21(14-27(22)30-28(23)24)20-10-8-18(3)9-11-20;1-19(2,3)13-16-12-17(15-10-8-7-9-11-15)20-14-18(16)21(4,5)6;1-16(2,3)12-13-9-10-17-15(11-13)14-7-5-4-6-8-14;/h5-17H,1-4H3;7-12,14H,13H2,1-6H3;4-11H,12H2,1-3H3;. The third kappa shape index (κ3) is 13.9. The predicted octanol–water partition coefficient (Wildman–Crippen LogP) is 17.3. The first-order valence-electron chi connectivity index (χ1n) is 24.3. The van der Waals surface area contributed by atoms with Gasteiger partial charge in [0.05, 0.1) is 25.2 Å². The van der Waals surface area contributed by atoms with E-state index in [1.165, 1.54) is 55.3 Å². The molecular formula is C63H71IrN3OSi. The number of nitrogens with zero attached hydrogens (tertiary/aromatic N) is 3. The summed E-state index contributed by atoms with van der Waals surface area (Å²) in [5.41, 5.74) is 18.0. The largest absolute Gasteiger partial charge is 0.455 e. The molecule has 6 heteroatoms. The number of benzene rings is 5. The summed E-state index contributed by atoms with van der Waals surface area (Å²) in [5, 5.41) is 3.77. The summed E-state index contributed by atoms with van der Waals surface area (Å²) in [7, 11) is -1.36. The number of para-hydroxylation sites is 1. The summed E-state index contributed by atoms with van der Waals surface area (Å²) in [6.07, 6.45) is 8.20. The molecule has 0 aliphatic heterocycles. The molecule has 0 N–H and O–H groups in total. The van der Waals surface area contributed by atoms with Crippen molar-refractivity contribution in [1.82, 2.24) is 15.0 Å². The van der Waals surface area contributed by atoms with Gasteiger partial charge < -0.3 is 4.42 Å². The molecule has 0 fully saturated rings. The molecule has 9 aromatic rings. The van der Waals surface area contributed by atoms with E-state index in [0.29, 0.717) is 16.7 Å². The monoisotopic (exact) mass is 1110 g/mol. The SMILES string of the molecule is CC(C)(C)Cc1cc(-c2ccccc2)ncc1[Si](C)(C)C.CC(C)(C)Cc1ccnc(-c2ccccc2)c1.Cc1ccc(-c2ccc3c(c2)oc2c(-c4cc(C(C)C)c(C)cn4)cccc23)cc1.[Ir].